The summed E-state index contributed by atoms with van der Waals surface area (Å²) in [6.07, 6.45) is -1.60. The molecule has 3 aliphatic rings. The number of hydrogen-bond donors (Lipinski definition) is 2. The van der Waals surface area contributed by atoms with Gasteiger partial charge in [0.1, 0.15) is 18.0 Å². The van der Waals surface area contributed by atoms with Crippen molar-refractivity contribution in [2.45, 2.75) is 160 Å². The predicted molar refractivity (Wildman–Crippen MR) is 215 cm³/mol. The molecule has 3 saturated heterocycles. The molecule has 322 valence electrons. The van der Waals surface area contributed by atoms with Crippen molar-refractivity contribution < 1.29 is 52.4 Å². The number of carbonyl (C=O) groups is 4. The molecule has 1 aromatic carbocycles. The number of aliphatic hydroxyl groups excluding tert-OH is 1. The van der Waals surface area contributed by atoms with Crippen molar-refractivity contribution in [3.63, 3.8) is 0 Å². The van der Waals surface area contributed by atoms with Crippen LogP contribution in [-0.4, -0.2) is 118 Å². The van der Waals surface area contributed by atoms with Crippen molar-refractivity contribution in [1.29, 1.82) is 0 Å². The lowest BCUT2D eigenvalue weighted by Crippen LogP contribution is -2.62. The van der Waals surface area contributed by atoms with Crippen LogP contribution in [0.1, 0.15) is 100.0 Å². The standard InChI is InChI=1S/C44H64FN3O10/c1-11-32-44(9)36(48(41(53)58-44)22-14-13-17-29-18-15-19-30-20-16-21-47-33(29)30)27(5)34(49)25(3)24-42(7,54-10)38(28(6)37(51)43(8,45)40(52)56-32)57-39-35(50)31(46-12-2)23-26(4)55-39/h15-16,18-21,25-28,31-32,35-36,38-39,46,50H,11-14,17,22-24H2,1-10H3/t25-,26-,27+,28+,31+,32-,35+,36?,38-,39+,42-,43+,44-/m1/s1. The summed E-state index contributed by atoms with van der Waals surface area (Å²) in [5.41, 5.74) is -4.19. The Bertz CT molecular complexity index is 1790. The fourth-order valence-electron chi connectivity index (χ4n) is 9.66. The van der Waals surface area contributed by atoms with Gasteiger partial charge in [-0.15, -0.1) is 0 Å². The molecule has 5 rings (SSSR count). The summed E-state index contributed by atoms with van der Waals surface area (Å²) in [5.74, 6) is -5.74. The number of aliphatic hydroxyl groups is 1. The van der Waals surface area contributed by atoms with E-state index in [1.165, 1.54) is 18.9 Å². The number of ketones is 2. The number of para-hydroxylation sites is 1. The van der Waals surface area contributed by atoms with Gasteiger partial charge in [0.2, 0.25) is 0 Å². The van der Waals surface area contributed by atoms with Gasteiger partial charge in [-0.3, -0.25) is 14.6 Å². The van der Waals surface area contributed by atoms with Gasteiger partial charge in [0.25, 0.3) is 5.67 Å². The molecule has 2 N–H and O–H groups in total. The Morgan fingerprint density at radius 1 is 1.02 bits per heavy atom. The molecule has 1 amide bonds. The number of nitrogens with one attached hydrogen (secondary N) is 1. The largest absolute Gasteiger partial charge is 0.455 e. The topological polar surface area (TPSA) is 163 Å². The van der Waals surface area contributed by atoms with Crippen molar-refractivity contribution in [3.8, 4) is 0 Å². The second kappa shape index (κ2) is 18.4. The van der Waals surface area contributed by atoms with Crippen LogP contribution in [0.5, 0.6) is 0 Å². The number of alkyl halides is 1. The van der Waals surface area contributed by atoms with E-state index >= 15 is 4.39 Å². The lowest BCUT2D eigenvalue weighted by atomic mass is 9.73. The van der Waals surface area contributed by atoms with Crippen LogP contribution >= 0.6 is 0 Å². The highest BCUT2D eigenvalue weighted by molar-refractivity contribution is 6.08. The van der Waals surface area contributed by atoms with E-state index in [2.05, 4.69) is 10.3 Å². The van der Waals surface area contributed by atoms with Crippen LogP contribution in [0.2, 0.25) is 0 Å². The molecule has 4 heterocycles. The Morgan fingerprint density at radius 2 is 1.72 bits per heavy atom. The smallest absolute Gasteiger partial charge is 0.410 e. The first-order chi connectivity index (χ1) is 27.3. The molecule has 2 aromatic rings. The number of halogens is 1. The summed E-state index contributed by atoms with van der Waals surface area (Å²) in [6.45, 7) is 15.3. The number of unbranched alkanes of at least 4 members (excludes halogenated alkanes) is 1. The number of ether oxygens (including phenoxy) is 5. The Hall–Kier alpha value is -3.56. The molecule has 1 unspecified atom stereocenters. The molecule has 13 nitrogen and oxygen atoms in total. The van der Waals surface area contributed by atoms with Crippen LogP contribution in [0.4, 0.5) is 9.18 Å². The highest BCUT2D eigenvalue weighted by Crippen LogP contribution is 2.43. The van der Waals surface area contributed by atoms with Crippen molar-refractivity contribution in [2.75, 3.05) is 20.2 Å². The molecule has 0 radical (unpaired) electrons. The predicted octanol–water partition coefficient (Wildman–Crippen LogP) is 5.90. The van der Waals surface area contributed by atoms with Crippen LogP contribution in [0.15, 0.2) is 36.5 Å². The molecule has 1 aromatic heterocycles. The number of carbonyl (C=O) groups excluding carboxylic acids is 4. The maximum atomic E-state index is 16.9. The summed E-state index contributed by atoms with van der Waals surface area (Å²) >= 11 is 0. The third-order valence-electron chi connectivity index (χ3n) is 12.8. The first kappa shape index (κ1) is 45.5. The number of rotatable bonds is 11. The van der Waals surface area contributed by atoms with Crippen LogP contribution < -0.4 is 5.32 Å². The van der Waals surface area contributed by atoms with Gasteiger partial charge in [0, 0.05) is 49.0 Å². The maximum absolute atomic E-state index is 16.9. The number of nitrogens with zero attached hydrogens (tertiary/aromatic N) is 2. The normalized spacial score (nSPS) is 38.0. The zero-order valence-electron chi connectivity index (χ0n) is 35.8. The van der Waals surface area contributed by atoms with Crippen LogP contribution in [0.3, 0.4) is 0 Å². The van der Waals surface area contributed by atoms with Gasteiger partial charge in [0.05, 0.1) is 29.4 Å². The van der Waals surface area contributed by atoms with Crippen LogP contribution in [-0.2, 0) is 44.5 Å². The highest BCUT2D eigenvalue weighted by Gasteiger charge is 2.61. The van der Waals surface area contributed by atoms with Crippen LogP contribution in [0, 0.1) is 17.8 Å². The van der Waals surface area contributed by atoms with Crippen LogP contribution in [0.25, 0.3) is 10.9 Å². The molecule has 3 fully saturated rings. The second-order valence-electron chi connectivity index (χ2n) is 17.2. The number of Topliss-reactive ketones (excluding diaryl/α,β-unsaturated/α-hetero) is 2. The van der Waals surface area contributed by atoms with Crippen molar-refractivity contribution in [3.05, 3.63) is 42.1 Å². The number of pyridine rings is 1. The number of benzene rings is 1. The Morgan fingerprint density at radius 3 is 2.40 bits per heavy atom. The van der Waals surface area contributed by atoms with E-state index in [9.17, 15) is 24.3 Å². The van der Waals surface area contributed by atoms with Gasteiger partial charge in [-0.05, 0) is 84.4 Å². The number of cyclic esters (lactones) is 1. The summed E-state index contributed by atoms with van der Waals surface area (Å²) in [5, 5.41) is 15.6. The molecule has 0 spiro atoms. The number of esters is 1. The molecule has 58 heavy (non-hydrogen) atoms. The van der Waals surface area contributed by atoms with E-state index in [0.29, 0.717) is 32.2 Å². The Labute approximate surface area is 342 Å². The molecular formula is C44H64FN3O10. The monoisotopic (exact) mass is 813 g/mol. The van der Waals surface area contributed by atoms with Crippen molar-refractivity contribution in [1.82, 2.24) is 15.2 Å². The molecular weight excluding hydrogens is 749 g/mol. The Kier molecular flexibility index (Phi) is 14.4. The van der Waals surface area contributed by atoms with Gasteiger partial charge < -0.3 is 39.0 Å². The molecule has 0 saturated carbocycles. The van der Waals surface area contributed by atoms with Gasteiger partial charge in [-0.25, -0.2) is 14.0 Å². The molecule has 0 bridgehead atoms. The van der Waals surface area contributed by atoms with E-state index in [4.69, 9.17) is 23.7 Å². The van der Waals surface area contributed by atoms with E-state index < -0.39 is 89.2 Å². The summed E-state index contributed by atoms with van der Waals surface area (Å²) < 4.78 is 47.5. The minimum absolute atomic E-state index is 0.00588. The van der Waals surface area contributed by atoms with E-state index in [-0.39, 0.29) is 31.3 Å². The number of hydrogen-bond acceptors (Lipinski definition) is 12. The first-order valence-corrected chi connectivity index (χ1v) is 20.9. The minimum atomic E-state index is -3.17. The number of amides is 1. The zero-order chi connectivity index (χ0) is 42.7. The average Bonchev–Trinajstić information content (AvgIpc) is 3.46. The van der Waals surface area contributed by atoms with Crippen molar-refractivity contribution >= 4 is 34.5 Å². The molecule has 14 heteroatoms. The summed E-state index contributed by atoms with van der Waals surface area (Å²) in [6, 6.07) is 8.64. The van der Waals surface area contributed by atoms with Gasteiger partial charge >= 0.3 is 12.1 Å². The quantitative estimate of drug-likeness (QED) is 0.157. The first-order valence-electron chi connectivity index (χ1n) is 20.9. The number of aryl methyl sites for hydroxylation is 1. The second-order valence-corrected chi connectivity index (χ2v) is 17.2. The average molecular weight is 814 g/mol. The molecule has 0 aliphatic carbocycles. The van der Waals surface area contributed by atoms with Gasteiger partial charge in [-0.1, -0.05) is 58.9 Å². The number of fused-ring (bicyclic) bond motifs is 2. The lowest BCUT2D eigenvalue weighted by Gasteiger charge is -2.46. The van der Waals surface area contributed by atoms with E-state index in [0.717, 1.165) is 23.4 Å². The number of aromatic nitrogens is 1. The van der Waals surface area contributed by atoms with Gasteiger partial charge in [0.15, 0.2) is 17.7 Å². The molecule has 13 atom stereocenters. The fourth-order valence-corrected chi connectivity index (χ4v) is 9.66. The number of likely N-dealkylation sites (N-methyl/N-ethyl adjacent to an activating group) is 1. The third-order valence-corrected chi connectivity index (χ3v) is 12.8. The highest BCUT2D eigenvalue weighted by atomic mass is 19.1. The maximum Gasteiger partial charge on any atom is 0.410 e. The molecule has 3 aliphatic heterocycles. The lowest BCUT2D eigenvalue weighted by molar-refractivity contribution is -0.290. The number of methoxy groups -OCH3 is 1. The Balaban J connectivity index is 1.49. The summed E-state index contributed by atoms with van der Waals surface area (Å²) in [4.78, 5) is 62.8. The fraction of sp³-hybridized carbons (Fsp3) is 0.705. The van der Waals surface area contributed by atoms with Gasteiger partial charge in [-0.2, -0.15) is 0 Å². The third kappa shape index (κ3) is 8.96. The van der Waals surface area contributed by atoms with E-state index in [1.807, 2.05) is 44.2 Å². The van der Waals surface area contributed by atoms with Crippen molar-refractivity contribution in [2.24, 2.45) is 17.8 Å². The summed E-state index contributed by atoms with van der Waals surface area (Å²) in [7, 11) is 1.41. The zero-order valence-corrected chi connectivity index (χ0v) is 35.8. The van der Waals surface area contributed by atoms with E-state index in [1.54, 1.807) is 40.8 Å². The SMILES string of the molecule is CCN[C@H]1C[C@@H](C)O[C@@H](O[C@@H]2[C@@H](C)C(=O)[C@](C)(F)C(=O)O[C@H](CC)[C@@]3(C)OC(=O)N(CCCCc4cccc5cccnc45)C3[C@@H](C)C(=O)[C@H](C)C[C@@]2(C)OC)[C@H]1O. The minimum Gasteiger partial charge on any atom is -0.455 e.